The van der Waals surface area contributed by atoms with Crippen LogP contribution < -0.4 is 5.32 Å². The van der Waals surface area contributed by atoms with Gasteiger partial charge < -0.3 is 19.5 Å². The van der Waals surface area contributed by atoms with Crippen LogP contribution in [0.3, 0.4) is 0 Å². The molecule has 0 spiro atoms. The van der Waals surface area contributed by atoms with Gasteiger partial charge in [-0.1, -0.05) is 0 Å². The predicted molar refractivity (Wildman–Crippen MR) is 70.5 cm³/mol. The topological polar surface area (TPSA) is 39.7 Å². The first kappa shape index (κ1) is 14.3. The fourth-order valence-electron chi connectivity index (χ4n) is 2.69. The van der Waals surface area contributed by atoms with Crippen LogP contribution in [-0.4, -0.2) is 44.8 Å². The number of hydrogen-bond donors (Lipinski definition) is 1. The van der Waals surface area contributed by atoms with Crippen LogP contribution in [0.5, 0.6) is 0 Å². The summed E-state index contributed by atoms with van der Waals surface area (Å²) in [5.74, 6) is 0.819. The molecule has 2 unspecified atom stereocenters. The third-order valence-electron chi connectivity index (χ3n) is 3.71. The zero-order valence-corrected chi connectivity index (χ0v) is 11.7. The highest BCUT2D eigenvalue weighted by Crippen LogP contribution is 2.38. The van der Waals surface area contributed by atoms with Gasteiger partial charge in [0, 0.05) is 38.8 Å². The molecule has 0 radical (unpaired) electrons. The fraction of sp³-hybridized carbons (Fsp3) is 1.00. The molecular formula is C14H27NO3. The second-order valence-electron chi connectivity index (χ2n) is 5.15. The summed E-state index contributed by atoms with van der Waals surface area (Å²) in [6.45, 7) is 7.30. The summed E-state index contributed by atoms with van der Waals surface area (Å²) in [7, 11) is 0. The molecule has 2 rings (SSSR count). The van der Waals surface area contributed by atoms with Crippen molar-refractivity contribution in [2.45, 2.75) is 58.0 Å². The van der Waals surface area contributed by atoms with E-state index in [2.05, 4.69) is 5.32 Å². The average molecular weight is 257 g/mol. The highest BCUT2D eigenvalue weighted by molar-refractivity contribution is 4.93. The van der Waals surface area contributed by atoms with Crippen LogP contribution in [0.15, 0.2) is 0 Å². The van der Waals surface area contributed by atoms with Crippen molar-refractivity contribution in [2.24, 2.45) is 5.92 Å². The van der Waals surface area contributed by atoms with E-state index >= 15 is 0 Å². The number of rotatable bonds is 9. The van der Waals surface area contributed by atoms with E-state index in [9.17, 15) is 0 Å². The van der Waals surface area contributed by atoms with Crippen molar-refractivity contribution in [3.63, 3.8) is 0 Å². The van der Waals surface area contributed by atoms with Gasteiger partial charge in [0.15, 0.2) is 6.29 Å². The summed E-state index contributed by atoms with van der Waals surface area (Å²) in [6, 6.07) is 0.543. The molecule has 2 atom stereocenters. The highest BCUT2D eigenvalue weighted by Gasteiger charge is 2.40. The van der Waals surface area contributed by atoms with Gasteiger partial charge >= 0.3 is 0 Å². The van der Waals surface area contributed by atoms with Crippen LogP contribution in [0.1, 0.15) is 39.5 Å². The molecule has 0 amide bonds. The van der Waals surface area contributed by atoms with Gasteiger partial charge in [-0.15, -0.1) is 0 Å². The lowest BCUT2D eigenvalue weighted by molar-refractivity contribution is -0.139. The van der Waals surface area contributed by atoms with Gasteiger partial charge in [-0.25, -0.2) is 0 Å². The monoisotopic (exact) mass is 257 g/mol. The van der Waals surface area contributed by atoms with E-state index in [4.69, 9.17) is 14.2 Å². The minimum absolute atomic E-state index is 0.0609. The molecule has 18 heavy (non-hydrogen) atoms. The van der Waals surface area contributed by atoms with E-state index < -0.39 is 0 Å². The average Bonchev–Trinajstić information content (AvgIpc) is 3.10. The molecule has 106 valence electrons. The summed E-state index contributed by atoms with van der Waals surface area (Å²) in [4.78, 5) is 0. The molecule has 2 fully saturated rings. The highest BCUT2D eigenvalue weighted by atomic mass is 16.7. The third kappa shape index (κ3) is 4.19. The van der Waals surface area contributed by atoms with Crippen molar-refractivity contribution >= 4 is 0 Å². The molecule has 4 heteroatoms. The molecule has 4 nitrogen and oxygen atoms in total. The molecule has 1 aliphatic carbocycles. The van der Waals surface area contributed by atoms with Gasteiger partial charge in [0.1, 0.15) is 0 Å². The standard InChI is InChI=1S/C14H27NO3/c1-3-16-13(17-4-2)7-9-15-12-8-10-18-14(12)11-5-6-11/h11-15H,3-10H2,1-2H3. The van der Waals surface area contributed by atoms with Crippen molar-refractivity contribution in [1.82, 2.24) is 5.32 Å². The Morgan fingerprint density at radius 2 is 1.89 bits per heavy atom. The Hall–Kier alpha value is -0.160. The van der Waals surface area contributed by atoms with Gasteiger partial charge in [0.25, 0.3) is 0 Å². The van der Waals surface area contributed by atoms with Crippen molar-refractivity contribution in [1.29, 1.82) is 0 Å². The molecule has 1 aliphatic heterocycles. The summed E-state index contributed by atoms with van der Waals surface area (Å²) in [6.07, 6.45) is 5.16. The summed E-state index contributed by atoms with van der Waals surface area (Å²) in [5.41, 5.74) is 0. The van der Waals surface area contributed by atoms with Crippen molar-refractivity contribution in [3.05, 3.63) is 0 Å². The summed E-state index contributed by atoms with van der Waals surface area (Å²) >= 11 is 0. The van der Waals surface area contributed by atoms with E-state index in [-0.39, 0.29) is 6.29 Å². The zero-order valence-electron chi connectivity index (χ0n) is 11.7. The minimum Gasteiger partial charge on any atom is -0.376 e. The molecule has 0 bridgehead atoms. The molecular weight excluding hydrogens is 230 g/mol. The summed E-state index contributed by atoms with van der Waals surface area (Å²) in [5, 5.41) is 3.62. The lowest BCUT2D eigenvalue weighted by Crippen LogP contribution is -2.39. The first-order valence-electron chi connectivity index (χ1n) is 7.43. The van der Waals surface area contributed by atoms with Crippen LogP contribution in [-0.2, 0) is 14.2 Å². The van der Waals surface area contributed by atoms with Gasteiger partial charge in [-0.2, -0.15) is 0 Å². The van der Waals surface area contributed by atoms with E-state index in [1.807, 2.05) is 13.8 Å². The maximum absolute atomic E-state index is 5.82. The van der Waals surface area contributed by atoms with Crippen molar-refractivity contribution in [2.75, 3.05) is 26.4 Å². The molecule has 0 aromatic carbocycles. The lowest BCUT2D eigenvalue weighted by Gasteiger charge is -2.22. The largest absolute Gasteiger partial charge is 0.376 e. The predicted octanol–water partition coefficient (Wildman–Crippen LogP) is 1.93. The normalized spacial score (nSPS) is 28.2. The number of ether oxygens (including phenoxy) is 3. The molecule has 2 aliphatic rings. The van der Waals surface area contributed by atoms with Gasteiger partial charge in [0.05, 0.1) is 6.10 Å². The molecule has 1 heterocycles. The van der Waals surface area contributed by atoms with Crippen LogP contribution in [0, 0.1) is 5.92 Å². The zero-order chi connectivity index (χ0) is 12.8. The van der Waals surface area contributed by atoms with Gasteiger partial charge in [0.2, 0.25) is 0 Å². The first-order valence-corrected chi connectivity index (χ1v) is 7.43. The van der Waals surface area contributed by atoms with Gasteiger partial charge in [-0.3, -0.25) is 0 Å². The Labute approximate surface area is 110 Å². The van der Waals surface area contributed by atoms with Crippen LogP contribution in [0.2, 0.25) is 0 Å². The summed E-state index contributed by atoms with van der Waals surface area (Å²) < 4.78 is 16.9. The lowest BCUT2D eigenvalue weighted by atomic mass is 10.1. The first-order chi connectivity index (χ1) is 8.85. The molecule has 0 aromatic heterocycles. The van der Waals surface area contributed by atoms with Crippen LogP contribution in [0.25, 0.3) is 0 Å². The van der Waals surface area contributed by atoms with Crippen LogP contribution >= 0.6 is 0 Å². The van der Waals surface area contributed by atoms with E-state index in [1.54, 1.807) is 0 Å². The third-order valence-corrected chi connectivity index (χ3v) is 3.71. The van der Waals surface area contributed by atoms with Crippen molar-refractivity contribution in [3.8, 4) is 0 Å². The number of hydrogen-bond acceptors (Lipinski definition) is 4. The Balaban J connectivity index is 1.63. The fourth-order valence-corrected chi connectivity index (χ4v) is 2.69. The maximum atomic E-state index is 5.82. The quantitative estimate of drug-likeness (QED) is 0.641. The maximum Gasteiger partial charge on any atom is 0.158 e. The Morgan fingerprint density at radius 3 is 2.50 bits per heavy atom. The molecule has 0 aromatic rings. The smallest absolute Gasteiger partial charge is 0.158 e. The van der Waals surface area contributed by atoms with Crippen molar-refractivity contribution < 1.29 is 14.2 Å². The van der Waals surface area contributed by atoms with E-state index in [0.717, 1.165) is 31.9 Å². The van der Waals surface area contributed by atoms with Crippen LogP contribution in [0.4, 0.5) is 0 Å². The second kappa shape index (κ2) is 7.43. The SMILES string of the molecule is CCOC(CCNC1CCOC1C1CC1)OCC. The molecule has 1 N–H and O–H groups in total. The Morgan fingerprint density at radius 1 is 1.17 bits per heavy atom. The second-order valence-corrected chi connectivity index (χ2v) is 5.15. The van der Waals surface area contributed by atoms with E-state index in [0.29, 0.717) is 25.4 Å². The van der Waals surface area contributed by atoms with E-state index in [1.165, 1.54) is 12.8 Å². The molecule has 1 saturated heterocycles. The Kier molecular flexibility index (Phi) is 5.89. The van der Waals surface area contributed by atoms with Gasteiger partial charge in [-0.05, 0) is 39.0 Å². The minimum atomic E-state index is -0.0609. The molecule has 1 saturated carbocycles. The Bertz CT molecular complexity index is 227. The number of nitrogens with one attached hydrogen (secondary N) is 1.